The summed E-state index contributed by atoms with van der Waals surface area (Å²) in [5.74, 6) is 1.52. The van der Waals surface area contributed by atoms with E-state index in [9.17, 15) is 5.02 Å². The molecule has 114 valence electrons. The fourth-order valence-corrected chi connectivity index (χ4v) is 2.81. The van der Waals surface area contributed by atoms with Gasteiger partial charge in [0.15, 0.2) is 0 Å². The molecule has 0 spiro atoms. The number of ether oxygens (including phenoxy) is 1. The molecule has 2 aromatic carbocycles. The van der Waals surface area contributed by atoms with Gasteiger partial charge in [0.05, 0.1) is 6.61 Å². The maximum absolute atomic E-state index is 9.99. The average Bonchev–Trinajstić information content (AvgIpc) is 2.89. The molecule has 0 bridgehead atoms. The molecule has 2 aromatic rings. The van der Waals surface area contributed by atoms with Crippen molar-refractivity contribution >= 4 is 12.6 Å². The highest BCUT2D eigenvalue weighted by atomic mass is 16.5. The Labute approximate surface area is 131 Å². The SMILES string of the molecule is CCc1c(Oc2ccc([C@@H](C)N)cc2)ccc2c1B(O)OC2. The minimum Gasteiger partial charge on any atom is -0.457 e. The smallest absolute Gasteiger partial charge is 0.457 e. The molecule has 0 radical (unpaired) electrons. The number of hydrogen-bond acceptors (Lipinski definition) is 4. The summed E-state index contributed by atoms with van der Waals surface area (Å²) in [6.45, 7) is 4.45. The lowest BCUT2D eigenvalue weighted by Gasteiger charge is -2.14. The molecular weight excluding hydrogens is 277 g/mol. The van der Waals surface area contributed by atoms with E-state index in [0.29, 0.717) is 6.61 Å². The second-order valence-electron chi connectivity index (χ2n) is 5.59. The number of nitrogens with two attached hydrogens (primary N) is 1. The van der Waals surface area contributed by atoms with Gasteiger partial charge in [-0.1, -0.05) is 25.1 Å². The quantitative estimate of drug-likeness (QED) is 0.850. The minimum atomic E-state index is -0.853. The molecule has 1 aliphatic heterocycles. The van der Waals surface area contributed by atoms with Gasteiger partial charge < -0.3 is 20.1 Å². The summed E-state index contributed by atoms with van der Waals surface area (Å²) in [5.41, 5.74) is 9.81. The molecule has 3 N–H and O–H groups in total. The lowest BCUT2D eigenvalue weighted by atomic mass is 9.75. The van der Waals surface area contributed by atoms with Crippen LogP contribution in [0.2, 0.25) is 0 Å². The highest BCUT2D eigenvalue weighted by Crippen LogP contribution is 2.28. The van der Waals surface area contributed by atoms with Gasteiger partial charge in [0.1, 0.15) is 11.5 Å². The number of rotatable bonds is 4. The zero-order valence-electron chi connectivity index (χ0n) is 12.9. The molecule has 1 atom stereocenters. The maximum Gasteiger partial charge on any atom is 0.492 e. The molecule has 4 nitrogen and oxygen atoms in total. The Bertz CT molecular complexity index is 670. The van der Waals surface area contributed by atoms with E-state index in [4.69, 9.17) is 15.1 Å². The van der Waals surface area contributed by atoms with E-state index < -0.39 is 7.12 Å². The van der Waals surface area contributed by atoms with Crippen molar-refractivity contribution in [1.82, 2.24) is 0 Å². The van der Waals surface area contributed by atoms with Crippen LogP contribution < -0.4 is 15.9 Å². The van der Waals surface area contributed by atoms with E-state index >= 15 is 0 Å². The van der Waals surface area contributed by atoms with Gasteiger partial charge in [-0.05, 0) is 53.7 Å². The molecule has 0 saturated carbocycles. The fraction of sp³-hybridized carbons (Fsp3) is 0.294. The van der Waals surface area contributed by atoms with Crippen LogP contribution in [0.25, 0.3) is 0 Å². The van der Waals surface area contributed by atoms with Crippen molar-refractivity contribution in [3.8, 4) is 11.5 Å². The first-order valence-corrected chi connectivity index (χ1v) is 7.58. The average molecular weight is 297 g/mol. The maximum atomic E-state index is 9.99. The first-order chi connectivity index (χ1) is 10.6. The van der Waals surface area contributed by atoms with Crippen molar-refractivity contribution in [1.29, 1.82) is 0 Å². The third kappa shape index (κ3) is 2.75. The zero-order chi connectivity index (χ0) is 15.7. The summed E-state index contributed by atoms with van der Waals surface area (Å²) in [6, 6.07) is 11.7. The van der Waals surface area contributed by atoms with Crippen molar-refractivity contribution < 1.29 is 14.4 Å². The number of fused-ring (bicyclic) bond motifs is 1. The number of benzene rings is 2. The second-order valence-corrected chi connectivity index (χ2v) is 5.59. The van der Waals surface area contributed by atoms with Gasteiger partial charge in [0.2, 0.25) is 0 Å². The Morgan fingerprint density at radius 2 is 2.00 bits per heavy atom. The number of hydrogen-bond donors (Lipinski definition) is 2. The fourth-order valence-electron chi connectivity index (χ4n) is 2.81. The molecule has 0 aromatic heterocycles. The van der Waals surface area contributed by atoms with Crippen LogP contribution in [-0.4, -0.2) is 12.1 Å². The highest BCUT2D eigenvalue weighted by Gasteiger charge is 2.31. The predicted molar refractivity (Wildman–Crippen MR) is 87.3 cm³/mol. The van der Waals surface area contributed by atoms with Crippen molar-refractivity contribution in [2.45, 2.75) is 32.9 Å². The Morgan fingerprint density at radius 1 is 1.27 bits per heavy atom. The van der Waals surface area contributed by atoms with E-state index in [-0.39, 0.29) is 6.04 Å². The van der Waals surface area contributed by atoms with Crippen LogP contribution in [0.3, 0.4) is 0 Å². The summed E-state index contributed by atoms with van der Waals surface area (Å²) in [7, 11) is -0.853. The first-order valence-electron chi connectivity index (χ1n) is 7.58. The van der Waals surface area contributed by atoms with E-state index in [1.807, 2.05) is 50.2 Å². The highest BCUT2D eigenvalue weighted by molar-refractivity contribution is 6.62. The second kappa shape index (κ2) is 6.12. The summed E-state index contributed by atoms with van der Waals surface area (Å²) in [5, 5.41) is 9.99. The van der Waals surface area contributed by atoms with Gasteiger partial charge in [0.25, 0.3) is 0 Å². The third-order valence-corrected chi connectivity index (χ3v) is 4.04. The zero-order valence-corrected chi connectivity index (χ0v) is 12.9. The van der Waals surface area contributed by atoms with Crippen LogP contribution in [0.1, 0.15) is 36.6 Å². The van der Waals surface area contributed by atoms with Crippen molar-refractivity contribution in [2.24, 2.45) is 5.73 Å². The molecule has 3 rings (SSSR count). The van der Waals surface area contributed by atoms with Gasteiger partial charge in [-0.3, -0.25) is 0 Å². The molecule has 1 aliphatic rings. The monoisotopic (exact) mass is 297 g/mol. The standard InChI is InChI=1S/C17H20BNO3/c1-3-15-16(9-6-13-10-21-18(20)17(13)15)22-14-7-4-12(5-8-14)11(2)19/h4-9,11,20H,3,10,19H2,1-2H3/t11-/m1/s1. The van der Waals surface area contributed by atoms with Crippen LogP contribution in [0, 0.1) is 0 Å². The van der Waals surface area contributed by atoms with Crippen LogP contribution in [-0.2, 0) is 17.7 Å². The Kier molecular flexibility index (Phi) is 4.20. The molecule has 1 heterocycles. The van der Waals surface area contributed by atoms with E-state index in [1.165, 1.54) is 0 Å². The lowest BCUT2D eigenvalue weighted by Crippen LogP contribution is -2.31. The van der Waals surface area contributed by atoms with Gasteiger partial charge >= 0.3 is 7.12 Å². The van der Waals surface area contributed by atoms with Gasteiger partial charge in [-0.15, -0.1) is 0 Å². The molecule has 0 saturated heterocycles. The van der Waals surface area contributed by atoms with Crippen molar-refractivity contribution in [2.75, 3.05) is 0 Å². The van der Waals surface area contributed by atoms with Crippen LogP contribution in [0.5, 0.6) is 11.5 Å². The molecule has 22 heavy (non-hydrogen) atoms. The molecule has 0 aliphatic carbocycles. The topological polar surface area (TPSA) is 64.7 Å². The Hall–Kier alpha value is -1.82. The summed E-state index contributed by atoms with van der Waals surface area (Å²) in [6.07, 6.45) is 0.775. The molecule has 5 heteroatoms. The van der Waals surface area contributed by atoms with Crippen molar-refractivity contribution in [3.05, 3.63) is 53.1 Å². The van der Waals surface area contributed by atoms with Gasteiger partial charge in [0, 0.05) is 6.04 Å². The summed E-state index contributed by atoms with van der Waals surface area (Å²) in [4.78, 5) is 0. The molecule has 0 fully saturated rings. The van der Waals surface area contributed by atoms with Gasteiger partial charge in [-0.25, -0.2) is 0 Å². The van der Waals surface area contributed by atoms with E-state index in [1.54, 1.807) is 0 Å². The largest absolute Gasteiger partial charge is 0.492 e. The molecule has 0 unspecified atom stereocenters. The first kappa shape index (κ1) is 15.1. The van der Waals surface area contributed by atoms with Crippen LogP contribution >= 0.6 is 0 Å². The Morgan fingerprint density at radius 3 is 2.64 bits per heavy atom. The summed E-state index contributed by atoms with van der Waals surface area (Å²) >= 11 is 0. The van der Waals surface area contributed by atoms with E-state index in [2.05, 4.69) is 0 Å². The normalized spacial score (nSPS) is 14.8. The minimum absolute atomic E-state index is 0.00698. The predicted octanol–water partition coefficient (Wildman–Crippen LogP) is 2.28. The third-order valence-electron chi connectivity index (χ3n) is 4.04. The van der Waals surface area contributed by atoms with E-state index in [0.717, 1.165) is 40.1 Å². The molecule has 0 amide bonds. The van der Waals surface area contributed by atoms with Crippen LogP contribution in [0.15, 0.2) is 36.4 Å². The Balaban J connectivity index is 1.91. The van der Waals surface area contributed by atoms with Crippen LogP contribution in [0.4, 0.5) is 0 Å². The van der Waals surface area contributed by atoms with Gasteiger partial charge in [-0.2, -0.15) is 0 Å². The molecular formula is C17H20BNO3. The lowest BCUT2D eigenvalue weighted by molar-refractivity contribution is 0.275. The summed E-state index contributed by atoms with van der Waals surface area (Å²) < 4.78 is 11.3. The van der Waals surface area contributed by atoms with Crippen molar-refractivity contribution in [3.63, 3.8) is 0 Å².